The lowest BCUT2D eigenvalue weighted by molar-refractivity contribution is 0.0519. The molecule has 0 spiro atoms. The van der Waals surface area contributed by atoms with Gasteiger partial charge in [-0.2, -0.15) is 0 Å². The second-order valence-corrected chi connectivity index (χ2v) is 3.09. The van der Waals surface area contributed by atoms with Gasteiger partial charge in [-0.3, -0.25) is 0 Å². The van der Waals surface area contributed by atoms with Crippen LogP contribution in [-0.4, -0.2) is 17.6 Å². The lowest BCUT2D eigenvalue weighted by Gasteiger charge is -2.09. The molecule has 1 aromatic rings. The van der Waals surface area contributed by atoms with Gasteiger partial charge in [-0.05, 0) is 13.0 Å². The van der Waals surface area contributed by atoms with E-state index in [1.807, 2.05) is 0 Å². The summed E-state index contributed by atoms with van der Waals surface area (Å²) in [6.07, 6.45) is -3.12. The van der Waals surface area contributed by atoms with Crippen molar-refractivity contribution < 1.29 is 22.7 Å². The maximum absolute atomic E-state index is 13.5. The first-order valence-electron chi connectivity index (χ1n) is 4.85. The van der Waals surface area contributed by atoms with Crippen molar-refractivity contribution in [3.05, 3.63) is 28.8 Å². The number of nitrogens with two attached hydrogens (primary N) is 1. The molecule has 0 aliphatic carbocycles. The van der Waals surface area contributed by atoms with Gasteiger partial charge >= 0.3 is 5.97 Å². The van der Waals surface area contributed by atoms with Crippen molar-refractivity contribution in [1.29, 1.82) is 0 Å². The van der Waals surface area contributed by atoms with Crippen LogP contribution in [0.25, 0.3) is 0 Å². The Morgan fingerprint density at radius 2 is 2.24 bits per heavy atom. The Morgan fingerprint density at radius 3 is 2.71 bits per heavy atom. The third kappa shape index (κ3) is 2.94. The van der Waals surface area contributed by atoms with Crippen LogP contribution in [-0.2, 0) is 11.3 Å². The molecule has 94 valence electrons. The molecule has 7 heteroatoms. The largest absolute Gasteiger partial charge is 0.462 e. The van der Waals surface area contributed by atoms with Crippen LogP contribution in [0.3, 0.4) is 0 Å². The van der Waals surface area contributed by atoms with Gasteiger partial charge in [-0.1, -0.05) is 0 Å². The molecule has 0 radical (unpaired) electrons. The van der Waals surface area contributed by atoms with Crippen molar-refractivity contribution in [3.8, 4) is 0 Å². The summed E-state index contributed by atoms with van der Waals surface area (Å²) in [5.41, 5.74) is 3.58. The zero-order valence-corrected chi connectivity index (χ0v) is 9.04. The standard InChI is InChI=1S/C10H11F3N2O2/c1-2-17-10(16)6-3-5(4-14)15-8(7(6)11)9(12)13/h3,9H,2,4,14H2,1H3. The lowest BCUT2D eigenvalue weighted by Crippen LogP contribution is -2.14. The van der Waals surface area contributed by atoms with Crippen LogP contribution < -0.4 is 5.73 Å². The molecule has 0 saturated carbocycles. The second-order valence-electron chi connectivity index (χ2n) is 3.09. The maximum atomic E-state index is 13.5. The molecule has 0 aliphatic rings. The highest BCUT2D eigenvalue weighted by molar-refractivity contribution is 5.90. The summed E-state index contributed by atoms with van der Waals surface area (Å²) < 4.78 is 43.0. The number of halogens is 3. The number of carbonyl (C=O) groups is 1. The molecule has 1 heterocycles. The van der Waals surface area contributed by atoms with Crippen LogP contribution in [0.2, 0.25) is 0 Å². The minimum absolute atomic E-state index is 0.00440. The van der Waals surface area contributed by atoms with Gasteiger partial charge in [-0.15, -0.1) is 0 Å². The van der Waals surface area contributed by atoms with E-state index in [2.05, 4.69) is 9.72 Å². The lowest BCUT2D eigenvalue weighted by atomic mass is 10.1. The van der Waals surface area contributed by atoms with E-state index in [9.17, 15) is 18.0 Å². The van der Waals surface area contributed by atoms with E-state index < -0.39 is 29.5 Å². The van der Waals surface area contributed by atoms with E-state index in [1.54, 1.807) is 0 Å². The SMILES string of the molecule is CCOC(=O)c1cc(CN)nc(C(F)F)c1F. The third-order valence-electron chi connectivity index (χ3n) is 1.95. The smallest absolute Gasteiger partial charge is 0.341 e. The minimum Gasteiger partial charge on any atom is -0.462 e. The van der Waals surface area contributed by atoms with Gasteiger partial charge in [0.05, 0.1) is 17.9 Å². The fourth-order valence-corrected chi connectivity index (χ4v) is 1.21. The van der Waals surface area contributed by atoms with Crippen LogP contribution in [0.4, 0.5) is 13.2 Å². The summed E-state index contributed by atoms with van der Waals surface area (Å²) in [6.45, 7) is 1.36. The van der Waals surface area contributed by atoms with Crippen LogP contribution in [0, 0.1) is 5.82 Å². The molecule has 17 heavy (non-hydrogen) atoms. The van der Waals surface area contributed by atoms with Crippen molar-refractivity contribution in [2.75, 3.05) is 6.61 Å². The Hall–Kier alpha value is -1.63. The van der Waals surface area contributed by atoms with E-state index >= 15 is 0 Å². The summed E-state index contributed by atoms with van der Waals surface area (Å²) in [4.78, 5) is 14.7. The number of carbonyl (C=O) groups excluding carboxylic acids is 1. The number of aromatic nitrogens is 1. The second kappa shape index (κ2) is 5.62. The van der Waals surface area contributed by atoms with E-state index in [-0.39, 0.29) is 18.8 Å². The first-order valence-corrected chi connectivity index (χ1v) is 4.85. The highest BCUT2D eigenvalue weighted by Gasteiger charge is 2.24. The van der Waals surface area contributed by atoms with Crippen molar-refractivity contribution in [1.82, 2.24) is 4.98 Å². The number of pyridine rings is 1. The summed E-state index contributed by atoms with van der Waals surface area (Å²) in [5.74, 6) is -2.38. The Labute approximate surface area is 95.6 Å². The zero-order valence-electron chi connectivity index (χ0n) is 9.04. The molecule has 0 bridgehead atoms. The molecule has 0 saturated heterocycles. The van der Waals surface area contributed by atoms with Crippen molar-refractivity contribution in [2.24, 2.45) is 5.73 Å². The quantitative estimate of drug-likeness (QED) is 0.825. The van der Waals surface area contributed by atoms with Gasteiger partial charge in [0.15, 0.2) is 5.82 Å². The number of hydrogen-bond donors (Lipinski definition) is 1. The molecule has 0 unspecified atom stereocenters. The molecule has 1 rings (SSSR count). The van der Waals surface area contributed by atoms with Crippen LogP contribution in [0.15, 0.2) is 6.07 Å². The Kier molecular flexibility index (Phi) is 4.45. The summed E-state index contributed by atoms with van der Waals surface area (Å²) in [7, 11) is 0. The van der Waals surface area contributed by atoms with Gasteiger partial charge in [-0.25, -0.2) is 22.9 Å². The number of rotatable bonds is 4. The van der Waals surface area contributed by atoms with Crippen LogP contribution in [0.5, 0.6) is 0 Å². The van der Waals surface area contributed by atoms with Crippen molar-refractivity contribution >= 4 is 5.97 Å². The van der Waals surface area contributed by atoms with E-state index in [4.69, 9.17) is 5.73 Å². The Morgan fingerprint density at radius 1 is 1.59 bits per heavy atom. The molecule has 0 aliphatic heterocycles. The normalized spacial score (nSPS) is 10.7. The molecular formula is C10H11F3N2O2. The van der Waals surface area contributed by atoms with Crippen LogP contribution in [0.1, 0.15) is 35.1 Å². The Balaban J connectivity index is 3.28. The first-order chi connectivity index (χ1) is 8.01. The molecule has 0 amide bonds. The summed E-state index contributed by atoms with van der Waals surface area (Å²) in [5, 5.41) is 0. The number of hydrogen-bond acceptors (Lipinski definition) is 4. The summed E-state index contributed by atoms with van der Waals surface area (Å²) >= 11 is 0. The molecule has 4 nitrogen and oxygen atoms in total. The van der Waals surface area contributed by atoms with E-state index in [0.29, 0.717) is 0 Å². The summed E-state index contributed by atoms with van der Waals surface area (Å²) in [6, 6.07) is 1.01. The van der Waals surface area contributed by atoms with Crippen molar-refractivity contribution in [3.63, 3.8) is 0 Å². The van der Waals surface area contributed by atoms with Crippen LogP contribution >= 0.6 is 0 Å². The number of esters is 1. The topological polar surface area (TPSA) is 65.2 Å². The fraction of sp³-hybridized carbons (Fsp3) is 0.400. The van der Waals surface area contributed by atoms with E-state index in [0.717, 1.165) is 6.07 Å². The van der Waals surface area contributed by atoms with Gasteiger partial charge in [0.1, 0.15) is 5.69 Å². The van der Waals surface area contributed by atoms with Gasteiger partial charge in [0.25, 0.3) is 6.43 Å². The predicted octanol–water partition coefficient (Wildman–Crippen LogP) is 1.79. The average Bonchev–Trinajstić information content (AvgIpc) is 2.29. The highest BCUT2D eigenvalue weighted by Crippen LogP contribution is 2.23. The average molecular weight is 248 g/mol. The number of nitrogens with zero attached hydrogens (tertiary/aromatic N) is 1. The minimum atomic E-state index is -3.12. The monoisotopic (exact) mass is 248 g/mol. The zero-order chi connectivity index (χ0) is 13.0. The Bertz CT molecular complexity index is 424. The third-order valence-corrected chi connectivity index (χ3v) is 1.95. The molecular weight excluding hydrogens is 237 g/mol. The van der Waals surface area contributed by atoms with Gasteiger partial charge in [0, 0.05) is 6.54 Å². The molecule has 0 aromatic carbocycles. The van der Waals surface area contributed by atoms with Crippen molar-refractivity contribution in [2.45, 2.75) is 19.9 Å². The highest BCUT2D eigenvalue weighted by atomic mass is 19.3. The van der Waals surface area contributed by atoms with E-state index in [1.165, 1.54) is 6.92 Å². The molecule has 2 N–H and O–H groups in total. The van der Waals surface area contributed by atoms with Gasteiger partial charge < -0.3 is 10.5 Å². The number of ether oxygens (including phenoxy) is 1. The molecule has 0 fully saturated rings. The predicted molar refractivity (Wildman–Crippen MR) is 53.0 cm³/mol. The van der Waals surface area contributed by atoms with Gasteiger partial charge in [0.2, 0.25) is 0 Å². The first kappa shape index (κ1) is 13.4. The molecule has 0 atom stereocenters. The fourth-order valence-electron chi connectivity index (χ4n) is 1.21. The number of alkyl halides is 2. The maximum Gasteiger partial charge on any atom is 0.341 e. The molecule has 1 aromatic heterocycles.